The number of rotatable bonds is 1. The maximum absolute atomic E-state index is 6.08. The van der Waals surface area contributed by atoms with Crippen LogP contribution in [0, 0.1) is 0 Å². The normalized spacial score (nSPS) is 10.7. The minimum Gasteiger partial charge on any atom is -0.497 e. The molecule has 0 radical (unpaired) electrons. The van der Waals surface area contributed by atoms with Crippen LogP contribution in [0.3, 0.4) is 0 Å². The fraction of sp³-hybridized carbons (Fsp3) is 0.111. The third kappa shape index (κ3) is 1.56. The molecule has 0 spiro atoms. The van der Waals surface area contributed by atoms with E-state index >= 15 is 0 Å². The average Bonchev–Trinajstić information content (AvgIpc) is 2.43. The van der Waals surface area contributed by atoms with Crippen molar-refractivity contribution in [1.29, 1.82) is 0 Å². The van der Waals surface area contributed by atoms with Crippen molar-refractivity contribution in [2.45, 2.75) is 0 Å². The molecule has 0 fully saturated rings. The standard InChI is InChI=1S/C9H6BrClOS/c1-12-5-2-3-7-6(4-5)8(11)9(10)13-7/h2-4H,1H3. The Balaban J connectivity index is 2.75. The van der Waals surface area contributed by atoms with E-state index in [2.05, 4.69) is 15.9 Å². The molecule has 1 nitrogen and oxygen atoms in total. The molecule has 0 N–H and O–H groups in total. The van der Waals surface area contributed by atoms with Crippen molar-refractivity contribution >= 4 is 49.0 Å². The number of halogens is 2. The first kappa shape index (κ1) is 9.31. The fourth-order valence-corrected chi connectivity index (χ4v) is 3.01. The Hall–Kier alpha value is -0.250. The second-order valence-corrected chi connectivity index (χ2v) is 5.30. The largest absolute Gasteiger partial charge is 0.497 e. The van der Waals surface area contributed by atoms with Crippen molar-refractivity contribution in [3.63, 3.8) is 0 Å². The molecular weight excluding hydrogens is 272 g/mol. The van der Waals surface area contributed by atoms with Gasteiger partial charge in [0.15, 0.2) is 0 Å². The second-order valence-electron chi connectivity index (χ2n) is 2.55. The third-order valence-electron chi connectivity index (χ3n) is 1.80. The zero-order valence-electron chi connectivity index (χ0n) is 6.80. The zero-order valence-corrected chi connectivity index (χ0v) is 9.96. The Morgan fingerprint density at radius 1 is 1.46 bits per heavy atom. The highest BCUT2D eigenvalue weighted by Crippen LogP contribution is 2.40. The lowest BCUT2D eigenvalue weighted by atomic mass is 10.2. The monoisotopic (exact) mass is 276 g/mol. The smallest absolute Gasteiger partial charge is 0.119 e. The molecule has 13 heavy (non-hydrogen) atoms. The summed E-state index contributed by atoms with van der Waals surface area (Å²) in [7, 11) is 1.65. The van der Waals surface area contributed by atoms with Gasteiger partial charge in [0.2, 0.25) is 0 Å². The molecule has 0 bridgehead atoms. The molecule has 1 aromatic carbocycles. The number of ether oxygens (including phenoxy) is 1. The molecule has 0 aliphatic carbocycles. The lowest BCUT2D eigenvalue weighted by Crippen LogP contribution is -1.80. The summed E-state index contributed by atoms with van der Waals surface area (Å²) in [6.07, 6.45) is 0. The minimum atomic E-state index is 0.763. The minimum absolute atomic E-state index is 0.763. The molecule has 68 valence electrons. The lowest BCUT2D eigenvalue weighted by molar-refractivity contribution is 0.415. The highest BCUT2D eigenvalue weighted by atomic mass is 79.9. The summed E-state index contributed by atoms with van der Waals surface area (Å²) >= 11 is 11.1. The van der Waals surface area contributed by atoms with Crippen LogP contribution in [0.15, 0.2) is 22.0 Å². The molecule has 4 heteroatoms. The van der Waals surface area contributed by atoms with E-state index in [0.717, 1.165) is 24.6 Å². The first-order valence-corrected chi connectivity index (χ1v) is 5.62. The number of benzene rings is 1. The summed E-state index contributed by atoms with van der Waals surface area (Å²) in [6.45, 7) is 0. The molecule has 0 aliphatic heterocycles. The van der Waals surface area contributed by atoms with Crippen molar-refractivity contribution < 1.29 is 4.74 Å². The van der Waals surface area contributed by atoms with Gasteiger partial charge < -0.3 is 4.74 Å². The number of fused-ring (bicyclic) bond motifs is 1. The van der Waals surface area contributed by atoms with Crippen molar-refractivity contribution in [1.82, 2.24) is 0 Å². The summed E-state index contributed by atoms with van der Waals surface area (Å²) in [4.78, 5) is 0. The van der Waals surface area contributed by atoms with Gasteiger partial charge in [-0.3, -0.25) is 0 Å². The molecule has 1 aromatic heterocycles. The van der Waals surface area contributed by atoms with Gasteiger partial charge in [0, 0.05) is 10.1 Å². The van der Waals surface area contributed by atoms with Crippen molar-refractivity contribution in [3.05, 3.63) is 27.0 Å². The van der Waals surface area contributed by atoms with Crippen LogP contribution in [0.4, 0.5) is 0 Å². The first-order valence-electron chi connectivity index (χ1n) is 3.64. The Bertz CT molecular complexity index is 452. The predicted molar refractivity (Wildman–Crippen MR) is 61.1 cm³/mol. The first-order chi connectivity index (χ1) is 6.22. The molecule has 0 unspecified atom stereocenters. The Labute approximate surface area is 93.4 Å². The average molecular weight is 278 g/mol. The van der Waals surface area contributed by atoms with Gasteiger partial charge >= 0.3 is 0 Å². The van der Waals surface area contributed by atoms with Gasteiger partial charge in [-0.1, -0.05) is 11.6 Å². The van der Waals surface area contributed by atoms with Gasteiger partial charge in [-0.15, -0.1) is 11.3 Å². The number of thiophene rings is 1. The molecular formula is C9H6BrClOS. The molecule has 2 aromatic rings. The number of hydrogen-bond donors (Lipinski definition) is 0. The van der Waals surface area contributed by atoms with Gasteiger partial charge in [0.1, 0.15) is 5.75 Å². The molecule has 0 saturated carbocycles. The summed E-state index contributed by atoms with van der Waals surface area (Å²) in [6, 6.07) is 5.88. The lowest BCUT2D eigenvalue weighted by Gasteiger charge is -1.98. The summed E-state index contributed by atoms with van der Waals surface area (Å²) in [5.74, 6) is 0.833. The van der Waals surface area contributed by atoms with E-state index < -0.39 is 0 Å². The van der Waals surface area contributed by atoms with E-state index in [1.54, 1.807) is 18.4 Å². The van der Waals surface area contributed by atoms with Crippen LogP contribution in [-0.2, 0) is 0 Å². The topological polar surface area (TPSA) is 9.23 Å². The van der Waals surface area contributed by atoms with Crippen LogP contribution in [-0.4, -0.2) is 7.11 Å². The van der Waals surface area contributed by atoms with Crippen molar-refractivity contribution in [2.75, 3.05) is 7.11 Å². The van der Waals surface area contributed by atoms with Gasteiger partial charge in [-0.05, 0) is 34.1 Å². The molecule has 0 atom stereocenters. The molecule has 0 aliphatic rings. The Morgan fingerprint density at radius 2 is 2.23 bits per heavy atom. The van der Waals surface area contributed by atoms with E-state index in [1.165, 1.54) is 0 Å². The molecule has 0 amide bonds. The van der Waals surface area contributed by atoms with Gasteiger partial charge in [0.05, 0.1) is 15.9 Å². The summed E-state index contributed by atoms with van der Waals surface area (Å²) in [5, 5.41) is 1.80. The zero-order chi connectivity index (χ0) is 9.42. The van der Waals surface area contributed by atoms with E-state index in [-0.39, 0.29) is 0 Å². The van der Waals surface area contributed by atoms with Crippen LogP contribution in [0.25, 0.3) is 10.1 Å². The van der Waals surface area contributed by atoms with Crippen LogP contribution >= 0.6 is 38.9 Å². The van der Waals surface area contributed by atoms with E-state index in [9.17, 15) is 0 Å². The molecule has 0 saturated heterocycles. The summed E-state index contributed by atoms with van der Waals surface area (Å²) in [5.41, 5.74) is 0. The van der Waals surface area contributed by atoms with Crippen LogP contribution in [0.1, 0.15) is 0 Å². The Morgan fingerprint density at radius 3 is 2.92 bits per heavy atom. The van der Waals surface area contributed by atoms with E-state index in [1.807, 2.05) is 18.2 Å². The van der Waals surface area contributed by atoms with Crippen LogP contribution < -0.4 is 4.74 Å². The molecule has 2 rings (SSSR count). The van der Waals surface area contributed by atoms with Gasteiger partial charge in [0.25, 0.3) is 0 Å². The van der Waals surface area contributed by atoms with E-state index in [0.29, 0.717) is 0 Å². The highest BCUT2D eigenvalue weighted by molar-refractivity contribution is 9.11. The van der Waals surface area contributed by atoms with Crippen LogP contribution in [0.5, 0.6) is 5.75 Å². The highest BCUT2D eigenvalue weighted by Gasteiger charge is 2.08. The molecule has 1 heterocycles. The fourth-order valence-electron chi connectivity index (χ4n) is 1.14. The maximum atomic E-state index is 6.08. The van der Waals surface area contributed by atoms with Crippen molar-refractivity contribution in [3.8, 4) is 5.75 Å². The van der Waals surface area contributed by atoms with Gasteiger partial charge in [-0.2, -0.15) is 0 Å². The van der Waals surface area contributed by atoms with Crippen molar-refractivity contribution in [2.24, 2.45) is 0 Å². The summed E-state index contributed by atoms with van der Waals surface area (Å²) < 4.78 is 7.25. The Kier molecular flexibility index (Phi) is 2.49. The second kappa shape index (κ2) is 3.48. The number of methoxy groups -OCH3 is 1. The SMILES string of the molecule is COc1ccc2sc(Br)c(Cl)c2c1. The van der Waals surface area contributed by atoms with Gasteiger partial charge in [-0.25, -0.2) is 0 Å². The quantitative estimate of drug-likeness (QED) is 0.754. The maximum Gasteiger partial charge on any atom is 0.119 e. The predicted octanol–water partition coefficient (Wildman–Crippen LogP) is 4.33. The number of hydrogen-bond acceptors (Lipinski definition) is 2. The van der Waals surface area contributed by atoms with Crippen LogP contribution in [0.2, 0.25) is 5.02 Å². The third-order valence-corrected chi connectivity index (χ3v) is 4.37. The van der Waals surface area contributed by atoms with E-state index in [4.69, 9.17) is 16.3 Å².